The van der Waals surface area contributed by atoms with Crippen LogP contribution in [0.3, 0.4) is 0 Å². The molecule has 0 saturated heterocycles. The Hall–Kier alpha value is -2.22. The molecular weight excluding hydrogens is 272 g/mol. The molecule has 0 unspecified atom stereocenters. The van der Waals surface area contributed by atoms with Crippen LogP contribution in [0.2, 0.25) is 0 Å². The molecule has 22 heavy (non-hydrogen) atoms. The average Bonchev–Trinajstić information content (AvgIpc) is 2.56. The smallest absolute Gasteiger partial charge is 0.202 e. The second-order valence-corrected chi connectivity index (χ2v) is 5.54. The second-order valence-electron chi connectivity index (χ2n) is 5.54. The van der Waals surface area contributed by atoms with Crippen molar-refractivity contribution >= 4 is 11.6 Å². The van der Waals surface area contributed by atoms with E-state index in [2.05, 4.69) is 19.1 Å². The number of hydrogen-bond acceptors (Lipinski definition) is 2. The lowest BCUT2D eigenvalue weighted by Gasteiger charge is -2.04. The largest absolute Gasteiger partial charge is 0.291 e. The van der Waals surface area contributed by atoms with Crippen molar-refractivity contribution in [3.63, 3.8) is 0 Å². The van der Waals surface area contributed by atoms with Crippen LogP contribution < -0.4 is 0 Å². The number of carbonyl (C=O) groups is 2. The van der Waals surface area contributed by atoms with Gasteiger partial charge in [0.2, 0.25) is 5.78 Å². The fourth-order valence-electron chi connectivity index (χ4n) is 2.40. The van der Waals surface area contributed by atoms with E-state index in [1.807, 2.05) is 42.5 Å². The minimum absolute atomic E-state index is 0.208. The van der Waals surface area contributed by atoms with Crippen LogP contribution in [0.15, 0.2) is 54.6 Å². The third-order valence-electron chi connectivity index (χ3n) is 3.74. The third-order valence-corrected chi connectivity index (χ3v) is 3.74. The third kappa shape index (κ3) is 4.66. The minimum atomic E-state index is -0.274. The van der Waals surface area contributed by atoms with Gasteiger partial charge >= 0.3 is 0 Å². The number of ketones is 2. The SMILES string of the molecule is CCCCCC(=O)C(=O)Cc1ccc(-c2ccccc2)cc1. The van der Waals surface area contributed by atoms with Crippen LogP contribution in [-0.2, 0) is 16.0 Å². The molecule has 2 heteroatoms. The van der Waals surface area contributed by atoms with Gasteiger partial charge in [-0.2, -0.15) is 0 Å². The van der Waals surface area contributed by atoms with Crippen LogP contribution >= 0.6 is 0 Å². The number of benzene rings is 2. The molecule has 0 aliphatic heterocycles. The topological polar surface area (TPSA) is 34.1 Å². The summed E-state index contributed by atoms with van der Waals surface area (Å²) in [5.74, 6) is -0.510. The zero-order chi connectivity index (χ0) is 15.8. The van der Waals surface area contributed by atoms with Crippen LogP contribution in [0.1, 0.15) is 38.2 Å². The van der Waals surface area contributed by atoms with Crippen molar-refractivity contribution in [2.75, 3.05) is 0 Å². The monoisotopic (exact) mass is 294 g/mol. The fourth-order valence-corrected chi connectivity index (χ4v) is 2.40. The maximum Gasteiger partial charge on any atom is 0.202 e. The van der Waals surface area contributed by atoms with E-state index in [-0.39, 0.29) is 18.0 Å². The Balaban J connectivity index is 1.94. The van der Waals surface area contributed by atoms with Gasteiger partial charge in [-0.15, -0.1) is 0 Å². The van der Waals surface area contributed by atoms with E-state index in [0.717, 1.165) is 36.0 Å². The van der Waals surface area contributed by atoms with Crippen molar-refractivity contribution in [3.05, 3.63) is 60.2 Å². The van der Waals surface area contributed by atoms with Crippen LogP contribution in [0.4, 0.5) is 0 Å². The number of carbonyl (C=O) groups excluding carboxylic acids is 2. The second kappa shape index (κ2) is 8.28. The highest BCUT2D eigenvalue weighted by atomic mass is 16.2. The van der Waals surface area contributed by atoms with Gasteiger partial charge in [-0.05, 0) is 23.1 Å². The molecule has 0 saturated carbocycles. The number of unbranched alkanes of at least 4 members (excludes halogenated alkanes) is 2. The first-order valence-corrected chi connectivity index (χ1v) is 7.91. The maximum atomic E-state index is 11.9. The van der Waals surface area contributed by atoms with Crippen LogP contribution in [0.25, 0.3) is 11.1 Å². The normalized spacial score (nSPS) is 10.4. The first-order valence-electron chi connectivity index (χ1n) is 7.91. The molecule has 0 N–H and O–H groups in total. The predicted octanol–water partition coefficient (Wildman–Crippen LogP) is 4.61. The van der Waals surface area contributed by atoms with E-state index >= 15 is 0 Å². The minimum Gasteiger partial charge on any atom is -0.291 e. The van der Waals surface area contributed by atoms with Gasteiger partial charge in [0.15, 0.2) is 5.78 Å². The summed E-state index contributed by atoms with van der Waals surface area (Å²) in [6.07, 6.45) is 3.47. The summed E-state index contributed by atoms with van der Waals surface area (Å²) in [5, 5.41) is 0. The molecule has 0 atom stereocenters. The Labute approximate surface area is 132 Å². The average molecular weight is 294 g/mol. The van der Waals surface area contributed by atoms with Gasteiger partial charge in [0.05, 0.1) is 0 Å². The van der Waals surface area contributed by atoms with Gasteiger partial charge < -0.3 is 0 Å². The van der Waals surface area contributed by atoms with E-state index in [0.29, 0.717) is 6.42 Å². The molecule has 0 aliphatic carbocycles. The summed E-state index contributed by atoms with van der Waals surface area (Å²) in [6, 6.07) is 18.0. The number of hydrogen-bond donors (Lipinski definition) is 0. The highest BCUT2D eigenvalue weighted by Gasteiger charge is 2.13. The van der Waals surface area contributed by atoms with Crippen molar-refractivity contribution in [2.24, 2.45) is 0 Å². The molecule has 0 aromatic heterocycles. The summed E-state index contributed by atoms with van der Waals surface area (Å²) in [7, 11) is 0. The van der Waals surface area contributed by atoms with Gasteiger partial charge in [0.1, 0.15) is 0 Å². The Morgan fingerprint density at radius 1 is 0.773 bits per heavy atom. The van der Waals surface area contributed by atoms with Gasteiger partial charge in [-0.1, -0.05) is 74.4 Å². The fraction of sp³-hybridized carbons (Fsp3) is 0.300. The Kier molecular flexibility index (Phi) is 6.08. The highest BCUT2D eigenvalue weighted by molar-refractivity contribution is 6.37. The molecule has 0 aliphatic rings. The predicted molar refractivity (Wildman–Crippen MR) is 89.7 cm³/mol. The van der Waals surface area contributed by atoms with E-state index in [4.69, 9.17) is 0 Å². The van der Waals surface area contributed by atoms with Crippen molar-refractivity contribution in [2.45, 2.75) is 39.0 Å². The standard InChI is InChI=1S/C20H22O2/c1-2-3-5-10-19(21)20(22)15-16-11-13-18(14-12-16)17-8-6-4-7-9-17/h4,6-9,11-14H,2-3,5,10,15H2,1H3. The summed E-state index contributed by atoms with van der Waals surface area (Å²) in [5.41, 5.74) is 3.16. The quantitative estimate of drug-likeness (QED) is 0.526. The molecule has 0 fully saturated rings. The molecule has 0 amide bonds. The lowest BCUT2D eigenvalue weighted by Crippen LogP contribution is -2.16. The zero-order valence-corrected chi connectivity index (χ0v) is 13.0. The van der Waals surface area contributed by atoms with Crippen molar-refractivity contribution < 1.29 is 9.59 Å². The summed E-state index contributed by atoms with van der Waals surface area (Å²) in [6.45, 7) is 2.08. The Morgan fingerprint density at radius 3 is 2.05 bits per heavy atom. The molecule has 2 aromatic rings. The molecule has 0 heterocycles. The molecule has 114 valence electrons. The van der Waals surface area contributed by atoms with Crippen LogP contribution in [0.5, 0.6) is 0 Å². The van der Waals surface area contributed by atoms with Crippen molar-refractivity contribution in [1.82, 2.24) is 0 Å². The van der Waals surface area contributed by atoms with Crippen LogP contribution in [-0.4, -0.2) is 11.6 Å². The molecule has 2 aromatic carbocycles. The Morgan fingerprint density at radius 2 is 1.41 bits per heavy atom. The van der Waals surface area contributed by atoms with E-state index in [9.17, 15) is 9.59 Å². The molecule has 0 bridgehead atoms. The van der Waals surface area contributed by atoms with E-state index < -0.39 is 0 Å². The molecule has 2 nitrogen and oxygen atoms in total. The van der Waals surface area contributed by atoms with Gasteiger partial charge in [-0.3, -0.25) is 9.59 Å². The van der Waals surface area contributed by atoms with Gasteiger partial charge in [0.25, 0.3) is 0 Å². The number of Topliss-reactive ketones (excluding diaryl/α,β-unsaturated/α-hetero) is 2. The first kappa shape index (κ1) is 16.2. The van der Waals surface area contributed by atoms with Crippen molar-refractivity contribution in [3.8, 4) is 11.1 Å². The molecule has 2 rings (SSSR count). The molecule has 0 spiro atoms. The van der Waals surface area contributed by atoms with E-state index in [1.54, 1.807) is 0 Å². The van der Waals surface area contributed by atoms with E-state index in [1.165, 1.54) is 0 Å². The van der Waals surface area contributed by atoms with Crippen LogP contribution in [0, 0.1) is 0 Å². The Bertz CT molecular complexity index is 612. The summed E-state index contributed by atoms with van der Waals surface area (Å²) < 4.78 is 0. The molecule has 0 radical (unpaired) electrons. The first-order chi connectivity index (χ1) is 10.7. The number of rotatable bonds is 8. The lowest BCUT2D eigenvalue weighted by atomic mass is 9.99. The molecular formula is C20H22O2. The highest BCUT2D eigenvalue weighted by Crippen LogP contribution is 2.19. The maximum absolute atomic E-state index is 11.9. The van der Waals surface area contributed by atoms with Crippen molar-refractivity contribution in [1.29, 1.82) is 0 Å². The summed E-state index contributed by atoms with van der Waals surface area (Å²) in [4.78, 5) is 23.7. The zero-order valence-electron chi connectivity index (χ0n) is 13.0. The van der Waals surface area contributed by atoms with Gasteiger partial charge in [-0.25, -0.2) is 0 Å². The summed E-state index contributed by atoms with van der Waals surface area (Å²) >= 11 is 0. The van der Waals surface area contributed by atoms with Gasteiger partial charge in [0, 0.05) is 12.8 Å². The lowest BCUT2D eigenvalue weighted by molar-refractivity contribution is -0.136.